The first-order valence-electron chi connectivity index (χ1n) is 9.44. The second kappa shape index (κ2) is 8.73. The summed E-state index contributed by atoms with van der Waals surface area (Å²) in [6.07, 6.45) is 1.26. The first-order valence-corrected chi connectivity index (χ1v) is 11.3. The van der Waals surface area contributed by atoms with Gasteiger partial charge in [-0.15, -0.1) is 0 Å². The number of sulfonamides is 1. The molecule has 156 valence electrons. The van der Waals surface area contributed by atoms with Crippen LogP contribution < -0.4 is 10.1 Å². The molecule has 0 aliphatic carbocycles. The van der Waals surface area contributed by atoms with Crippen LogP contribution in [-0.2, 0) is 14.8 Å². The van der Waals surface area contributed by atoms with Gasteiger partial charge in [-0.3, -0.25) is 4.79 Å². The minimum atomic E-state index is -3.68. The number of ether oxygens (including phenoxy) is 1. The molecule has 0 bridgehead atoms. The Hall–Kier alpha value is -2.09. The van der Waals surface area contributed by atoms with E-state index in [-0.39, 0.29) is 17.3 Å². The van der Waals surface area contributed by atoms with E-state index in [4.69, 9.17) is 16.3 Å². The SMILES string of the molecule is COc1ccc(S(=O)(=O)N2CCCC(C(=O)Nc3ccc(C)c(Cl)c3)C2)cc1C. The average Bonchev–Trinajstić information content (AvgIpc) is 2.70. The second-order valence-electron chi connectivity index (χ2n) is 7.29. The number of hydrogen-bond donors (Lipinski definition) is 1. The lowest BCUT2D eigenvalue weighted by molar-refractivity contribution is -0.120. The van der Waals surface area contributed by atoms with Gasteiger partial charge in [0, 0.05) is 23.8 Å². The van der Waals surface area contributed by atoms with Crippen LogP contribution in [0.25, 0.3) is 0 Å². The fourth-order valence-corrected chi connectivity index (χ4v) is 5.24. The van der Waals surface area contributed by atoms with Crippen molar-refractivity contribution in [2.75, 3.05) is 25.5 Å². The van der Waals surface area contributed by atoms with Crippen LogP contribution in [-0.4, -0.2) is 38.8 Å². The molecule has 1 amide bonds. The predicted molar refractivity (Wildman–Crippen MR) is 114 cm³/mol. The lowest BCUT2D eigenvalue weighted by atomic mass is 9.98. The Balaban J connectivity index is 1.74. The van der Waals surface area contributed by atoms with Crippen LogP contribution in [0.2, 0.25) is 5.02 Å². The highest BCUT2D eigenvalue weighted by Crippen LogP contribution is 2.28. The molecule has 29 heavy (non-hydrogen) atoms. The van der Waals surface area contributed by atoms with Crippen molar-refractivity contribution < 1.29 is 17.9 Å². The fraction of sp³-hybridized carbons (Fsp3) is 0.381. The molecule has 1 fully saturated rings. The summed E-state index contributed by atoms with van der Waals surface area (Å²) in [5, 5.41) is 3.43. The summed E-state index contributed by atoms with van der Waals surface area (Å²) >= 11 is 6.12. The van der Waals surface area contributed by atoms with Gasteiger partial charge in [-0.2, -0.15) is 4.31 Å². The van der Waals surface area contributed by atoms with E-state index in [0.717, 1.165) is 11.1 Å². The van der Waals surface area contributed by atoms with Crippen LogP contribution in [0.15, 0.2) is 41.3 Å². The molecule has 1 unspecified atom stereocenters. The number of rotatable bonds is 5. The highest BCUT2D eigenvalue weighted by atomic mass is 35.5. The van der Waals surface area contributed by atoms with Gasteiger partial charge in [0.1, 0.15) is 5.75 Å². The average molecular weight is 437 g/mol. The van der Waals surface area contributed by atoms with Gasteiger partial charge in [0.25, 0.3) is 0 Å². The molecule has 2 aromatic rings. The number of nitrogens with zero attached hydrogens (tertiary/aromatic N) is 1. The molecule has 1 N–H and O–H groups in total. The van der Waals surface area contributed by atoms with Crippen molar-refractivity contribution in [1.82, 2.24) is 4.31 Å². The van der Waals surface area contributed by atoms with E-state index in [9.17, 15) is 13.2 Å². The zero-order chi connectivity index (χ0) is 21.2. The summed E-state index contributed by atoms with van der Waals surface area (Å²) in [5.74, 6) is 0.0188. The van der Waals surface area contributed by atoms with Crippen LogP contribution in [0, 0.1) is 19.8 Å². The molecular formula is C21H25ClN2O4S. The van der Waals surface area contributed by atoms with E-state index < -0.39 is 15.9 Å². The Morgan fingerprint density at radius 3 is 2.59 bits per heavy atom. The van der Waals surface area contributed by atoms with E-state index in [0.29, 0.717) is 35.8 Å². The highest BCUT2D eigenvalue weighted by Gasteiger charge is 2.33. The van der Waals surface area contributed by atoms with Gasteiger partial charge in [0.05, 0.1) is 17.9 Å². The topological polar surface area (TPSA) is 75.7 Å². The van der Waals surface area contributed by atoms with Crippen LogP contribution in [0.1, 0.15) is 24.0 Å². The molecule has 1 saturated heterocycles. The summed E-state index contributed by atoms with van der Waals surface area (Å²) in [7, 11) is -2.14. The molecule has 1 aliphatic heterocycles. The van der Waals surface area contributed by atoms with Gasteiger partial charge in [0.15, 0.2) is 0 Å². The molecule has 1 atom stereocenters. The fourth-order valence-electron chi connectivity index (χ4n) is 3.45. The maximum Gasteiger partial charge on any atom is 0.243 e. The van der Waals surface area contributed by atoms with Gasteiger partial charge < -0.3 is 10.1 Å². The lowest BCUT2D eigenvalue weighted by Crippen LogP contribution is -2.43. The molecule has 0 saturated carbocycles. The van der Waals surface area contributed by atoms with Crippen molar-refractivity contribution in [2.24, 2.45) is 5.92 Å². The largest absolute Gasteiger partial charge is 0.496 e. The molecule has 0 spiro atoms. The number of anilines is 1. The number of nitrogens with one attached hydrogen (secondary N) is 1. The Bertz CT molecular complexity index is 1020. The maximum atomic E-state index is 13.1. The van der Waals surface area contributed by atoms with Gasteiger partial charge in [-0.25, -0.2) is 8.42 Å². The molecule has 6 nitrogen and oxygen atoms in total. The highest BCUT2D eigenvalue weighted by molar-refractivity contribution is 7.89. The summed E-state index contributed by atoms with van der Waals surface area (Å²) in [5.41, 5.74) is 2.28. The monoisotopic (exact) mass is 436 g/mol. The van der Waals surface area contributed by atoms with E-state index >= 15 is 0 Å². The number of carbonyl (C=O) groups is 1. The molecule has 8 heteroatoms. The molecule has 1 aliphatic rings. The zero-order valence-electron chi connectivity index (χ0n) is 16.7. The lowest BCUT2D eigenvalue weighted by Gasteiger charge is -2.31. The molecule has 1 heterocycles. The number of benzene rings is 2. The van der Waals surface area contributed by atoms with Gasteiger partial charge >= 0.3 is 0 Å². The summed E-state index contributed by atoms with van der Waals surface area (Å²) < 4.78 is 32.8. The predicted octanol–water partition coefficient (Wildman–Crippen LogP) is 4.00. The normalized spacial score (nSPS) is 17.7. The Labute approximate surface area is 176 Å². The quantitative estimate of drug-likeness (QED) is 0.768. The molecule has 0 aromatic heterocycles. The van der Waals surface area contributed by atoms with Crippen molar-refractivity contribution in [2.45, 2.75) is 31.6 Å². The van der Waals surface area contributed by atoms with E-state index in [1.165, 1.54) is 4.31 Å². The van der Waals surface area contributed by atoms with Gasteiger partial charge in [0.2, 0.25) is 15.9 Å². The standard InChI is InChI=1S/C21H25ClN2O4S/c1-14-6-7-17(12-19(14)22)23-21(25)16-5-4-10-24(13-16)29(26,27)18-8-9-20(28-3)15(2)11-18/h6-9,11-12,16H,4-5,10,13H2,1-3H3,(H,23,25). The van der Waals surface area contributed by atoms with Crippen molar-refractivity contribution in [1.29, 1.82) is 0 Å². The number of methoxy groups -OCH3 is 1. The first-order chi connectivity index (χ1) is 13.7. The first kappa shape index (κ1) is 21.6. The van der Waals surface area contributed by atoms with Crippen molar-refractivity contribution in [3.63, 3.8) is 0 Å². The summed E-state index contributed by atoms with van der Waals surface area (Å²) in [4.78, 5) is 12.9. The Morgan fingerprint density at radius 2 is 1.93 bits per heavy atom. The number of halogens is 1. The molecule has 2 aromatic carbocycles. The molecular weight excluding hydrogens is 412 g/mol. The Kier molecular flexibility index (Phi) is 6.51. The molecule has 0 radical (unpaired) electrons. The maximum absolute atomic E-state index is 13.1. The van der Waals surface area contributed by atoms with Gasteiger partial charge in [-0.1, -0.05) is 17.7 Å². The summed E-state index contributed by atoms with van der Waals surface area (Å²) in [6, 6.07) is 10.1. The number of amides is 1. The van der Waals surface area contributed by atoms with Crippen LogP contribution in [0.4, 0.5) is 5.69 Å². The van der Waals surface area contributed by atoms with Crippen molar-refractivity contribution >= 4 is 33.2 Å². The number of aryl methyl sites for hydroxylation is 2. The van der Waals surface area contributed by atoms with Crippen LogP contribution >= 0.6 is 11.6 Å². The van der Waals surface area contributed by atoms with E-state index in [2.05, 4.69) is 5.32 Å². The van der Waals surface area contributed by atoms with Crippen molar-refractivity contribution in [3.05, 3.63) is 52.5 Å². The third-order valence-electron chi connectivity index (χ3n) is 5.20. The third-order valence-corrected chi connectivity index (χ3v) is 7.47. The van der Waals surface area contributed by atoms with E-state index in [1.54, 1.807) is 44.4 Å². The van der Waals surface area contributed by atoms with Crippen molar-refractivity contribution in [3.8, 4) is 5.75 Å². The van der Waals surface area contributed by atoms with Crippen LogP contribution in [0.3, 0.4) is 0 Å². The second-order valence-corrected chi connectivity index (χ2v) is 9.63. The third kappa shape index (κ3) is 4.74. The number of carbonyl (C=O) groups excluding carboxylic acids is 1. The number of piperidine rings is 1. The Morgan fingerprint density at radius 1 is 1.17 bits per heavy atom. The van der Waals surface area contributed by atoms with Gasteiger partial charge in [-0.05, 0) is 68.1 Å². The number of hydrogen-bond acceptors (Lipinski definition) is 4. The molecule has 3 rings (SSSR count). The zero-order valence-corrected chi connectivity index (χ0v) is 18.3. The van der Waals surface area contributed by atoms with Crippen LogP contribution in [0.5, 0.6) is 5.75 Å². The minimum absolute atomic E-state index is 0.152. The minimum Gasteiger partial charge on any atom is -0.496 e. The smallest absolute Gasteiger partial charge is 0.243 e. The van der Waals surface area contributed by atoms with E-state index in [1.807, 2.05) is 13.0 Å². The summed E-state index contributed by atoms with van der Waals surface area (Å²) in [6.45, 7) is 4.24.